The number of phenols is 1. The van der Waals surface area contributed by atoms with E-state index in [-0.39, 0.29) is 17.9 Å². The van der Waals surface area contributed by atoms with Crippen molar-refractivity contribution in [3.8, 4) is 5.75 Å². The number of hydrogen-bond acceptors (Lipinski definition) is 7. The predicted octanol–water partition coefficient (Wildman–Crippen LogP) is -1.62. The molecule has 0 aliphatic rings. The Balaban J connectivity index is 2.51. The summed E-state index contributed by atoms with van der Waals surface area (Å²) in [5.41, 5.74) is 6.09. The number of nitrogens with one attached hydrogen (secondary N) is 3. The summed E-state index contributed by atoms with van der Waals surface area (Å²) < 4.78 is 0. The molecule has 0 saturated carbocycles. The van der Waals surface area contributed by atoms with E-state index in [1.807, 2.05) is 0 Å². The van der Waals surface area contributed by atoms with E-state index in [2.05, 4.69) is 28.6 Å². The quantitative estimate of drug-likeness (QED) is 0.226. The molecule has 0 heterocycles. The van der Waals surface area contributed by atoms with Gasteiger partial charge < -0.3 is 31.9 Å². The SMILES string of the molecule is CC(NC(=O)C(N)CS)C(=O)NCC(=O)NC(Cc1ccc(O)cc1)C(=O)O. The Morgan fingerprint density at radius 2 is 1.71 bits per heavy atom. The molecule has 0 fully saturated rings. The summed E-state index contributed by atoms with van der Waals surface area (Å²) in [5, 5.41) is 25.5. The van der Waals surface area contributed by atoms with Crippen molar-refractivity contribution < 1.29 is 29.4 Å². The van der Waals surface area contributed by atoms with Gasteiger partial charge in [-0.05, 0) is 24.6 Å². The van der Waals surface area contributed by atoms with E-state index in [9.17, 15) is 29.4 Å². The van der Waals surface area contributed by atoms with E-state index >= 15 is 0 Å². The van der Waals surface area contributed by atoms with Crippen LogP contribution in [0.5, 0.6) is 5.75 Å². The summed E-state index contributed by atoms with van der Waals surface area (Å²) in [6.45, 7) is 0.957. The zero-order valence-corrected chi connectivity index (χ0v) is 16.1. The summed E-state index contributed by atoms with van der Waals surface area (Å²) in [6, 6.07) is 2.89. The monoisotopic (exact) mass is 412 g/mol. The van der Waals surface area contributed by atoms with Crippen LogP contribution < -0.4 is 21.7 Å². The number of phenolic OH excluding ortho intramolecular Hbond substituents is 1. The minimum atomic E-state index is -1.24. The zero-order valence-electron chi connectivity index (χ0n) is 15.2. The van der Waals surface area contributed by atoms with Crippen LogP contribution in [0.25, 0.3) is 0 Å². The maximum atomic E-state index is 12.0. The van der Waals surface area contributed by atoms with E-state index < -0.39 is 48.4 Å². The van der Waals surface area contributed by atoms with Crippen molar-refractivity contribution >= 4 is 36.3 Å². The average molecular weight is 412 g/mol. The van der Waals surface area contributed by atoms with Crippen LogP contribution in [0.15, 0.2) is 24.3 Å². The lowest BCUT2D eigenvalue weighted by Gasteiger charge is -2.17. The van der Waals surface area contributed by atoms with E-state index in [1.54, 1.807) is 12.1 Å². The standard InChI is InChI=1S/C17H24N4O6S/c1-9(20-16(25)12(18)8-28)15(24)19-7-14(23)21-13(17(26)27)6-10-2-4-11(22)5-3-10/h2-5,9,12-13,22,28H,6-8,18H2,1H3,(H,19,24)(H,20,25)(H,21,23)(H,26,27). The predicted molar refractivity (Wildman–Crippen MR) is 104 cm³/mol. The third kappa shape index (κ3) is 7.84. The summed E-state index contributed by atoms with van der Waals surface area (Å²) >= 11 is 3.89. The molecular formula is C17H24N4O6S. The molecule has 1 aromatic rings. The van der Waals surface area contributed by atoms with Crippen LogP contribution >= 0.6 is 12.6 Å². The number of carbonyl (C=O) groups excluding carboxylic acids is 3. The number of carboxylic acid groups (broad SMARTS) is 1. The summed E-state index contributed by atoms with van der Waals surface area (Å²) in [5.74, 6) is -2.97. The molecule has 11 heteroatoms. The summed E-state index contributed by atoms with van der Waals surface area (Å²) in [6.07, 6.45) is 0.00335. The van der Waals surface area contributed by atoms with Gasteiger partial charge in [-0.2, -0.15) is 12.6 Å². The van der Waals surface area contributed by atoms with Crippen LogP contribution in [0.3, 0.4) is 0 Å². The number of carbonyl (C=O) groups is 4. The molecule has 0 saturated heterocycles. The fourth-order valence-electron chi connectivity index (χ4n) is 2.10. The number of hydrogen-bond donors (Lipinski definition) is 7. The van der Waals surface area contributed by atoms with Crippen molar-refractivity contribution in [2.24, 2.45) is 5.73 Å². The minimum Gasteiger partial charge on any atom is -0.508 e. The Kier molecular flexibility index (Phi) is 9.25. The second kappa shape index (κ2) is 11.1. The van der Waals surface area contributed by atoms with Gasteiger partial charge in [-0.15, -0.1) is 0 Å². The molecule has 154 valence electrons. The molecule has 3 atom stereocenters. The van der Waals surface area contributed by atoms with Gasteiger partial charge in [0.25, 0.3) is 0 Å². The molecule has 1 rings (SSSR count). The van der Waals surface area contributed by atoms with E-state index in [1.165, 1.54) is 19.1 Å². The van der Waals surface area contributed by atoms with Crippen molar-refractivity contribution in [2.45, 2.75) is 31.5 Å². The Bertz CT molecular complexity index is 712. The third-order valence-corrected chi connectivity index (χ3v) is 4.11. The largest absolute Gasteiger partial charge is 0.508 e. The molecule has 0 aliphatic carbocycles. The molecule has 10 nitrogen and oxygen atoms in total. The highest BCUT2D eigenvalue weighted by Crippen LogP contribution is 2.11. The van der Waals surface area contributed by atoms with Crippen molar-refractivity contribution in [3.05, 3.63) is 29.8 Å². The lowest BCUT2D eigenvalue weighted by Crippen LogP contribution is -2.52. The number of rotatable bonds is 10. The molecule has 1 aromatic carbocycles. The number of amides is 3. The lowest BCUT2D eigenvalue weighted by molar-refractivity contribution is -0.141. The number of nitrogens with two attached hydrogens (primary N) is 1. The van der Waals surface area contributed by atoms with Crippen molar-refractivity contribution in [2.75, 3.05) is 12.3 Å². The number of carboxylic acids is 1. The van der Waals surface area contributed by atoms with Crippen LogP contribution in [-0.2, 0) is 25.6 Å². The first-order valence-corrected chi connectivity index (χ1v) is 9.01. The number of aromatic hydroxyl groups is 1. The van der Waals surface area contributed by atoms with Crippen LogP contribution in [0.1, 0.15) is 12.5 Å². The van der Waals surface area contributed by atoms with Gasteiger partial charge in [0.05, 0.1) is 12.6 Å². The molecule has 0 aromatic heterocycles. The van der Waals surface area contributed by atoms with Crippen LogP contribution in [0.2, 0.25) is 0 Å². The zero-order chi connectivity index (χ0) is 21.3. The van der Waals surface area contributed by atoms with Gasteiger partial charge in [0, 0.05) is 12.2 Å². The fraction of sp³-hybridized carbons (Fsp3) is 0.412. The maximum absolute atomic E-state index is 12.0. The topological polar surface area (TPSA) is 171 Å². The van der Waals surface area contributed by atoms with Crippen molar-refractivity contribution in [1.82, 2.24) is 16.0 Å². The summed E-state index contributed by atoms with van der Waals surface area (Å²) in [7, 11) is 0. The molecule has 7 N–H and O–H groups in total. The Labute approximate surface area is 167 Å². The second-order valence-corrected chi connectivity index (χ2v) is 6.43. The average Bonchev–Trinajstić information content (AvgIpc) is 2.66. The number of aliphatic carboxylic acids is 1. The number of thiol groups is 1. The van der Waals surface area contributed by atoms with Gasteiger partial charge in [-0.1, -0.05) is 12.1 Å². The van der Waals surface area contributed by atoms with Crippen LogP contribution in [0, 0.1) is 0 Å². The second-order valence-electron chi connectivity index (χ2n) is 6.07. The van der Waals surface area contributed by atoms with Crippen LogP contribution in [0.4, 0.5) is 0 Å². The molecule has 0 radical (unpaired) electrons. The van der Waals surface area contributed by atoms with Crippen LogP contribution in [-0.4, -0.2) is 64.3 Å². The summed E-state index contributed by atoms with van der Waals surface area (Å²) in [4.78, 5) is 46.9. The van der Waals surface area contributed by atoms with Crippen molar-refractivity contribution in [3.63, 3.8) is 0 Å². The van der Waals surface area contributed by atoms with E-state index in [0.717, 1.165) is 0 Å². The molecule has 0 spiro atoms. The van der Waals surface area contributed by atoms with Gasteiger partial charge in [0.1, 0.15) is 17.8 Å². The maximum Gasteiger partial charge on any atom is 0.326 e. The van der Waals surface area contributed by atoms with Gasteiger partial charge in [-0.25, -0.2) is 4.79 Å². The van der Waals surface area contributed by atoms with Crippen molar-refractivity contribution in [1.29, 1.82) is 0 Å². The molecule has 28 heavy (non-hydrogen) atoms. The molecule has 0 bridgehead atoms. The first-order valence-electron chi connectivity index (χ1n) is 8.38. The minimum absolute atomic E-state index is 0.00335. The first-order chi connectivity index (χ1) is 13.1. The Morgan fingerprint density at radius 3 is 2.25 bits per heavy atom. The van der Waals surface area contributed by atoms with Gasteiger partial charge in [0.15, 0.2) is 0 Å². The molecular weight excluding hydrogens is 388 g/mol. The lowest BCUT2D eigenvalue weighted by atomic mass is 10.1. The normalized spacial score (nSPS) is 13.7. The molecule has 3 amide bonds. The smallest absolute Gasteiger partial charge is 0.326 e. The van der Waals surface area contributed by atoms with E-state index in [0.29, 0.717) is 5.56 Å². The Hall–Kier alpha value is -2.79. The molecule has 0 aliphatic heterocycles. The fourth-order valence-corrected chi connectivity index (χ4v) is 2.27. The number of benzene rings is 1. The third-order valence-electron chi connectivity index (χ3n) is 3.72. The van der Waals surface area contributed by atoms with Gasteiger partial charge in [0.2, 0.25) is 17.7 Å². The Morgan fingerprint density at radius 1 is 1.11 bits per heavy atom. The molecule has 3 unspecified atom stereocenters. The van der Waals surface area contributed by atoms with Gasteiger partial charge >= 0.3 is 5.97 Å². The highest BCUT2D eigenvalue weighted by atomic mass is 32.1. The highest BCUT2D eigenvalue weighted by molar-refractivity contribution is 7.80. The van der Waals surface area contributed by atoms with Gasteiger partial charge in [-0.3, -0.25) is 14.4 Å². The highest BCUT2D eigenvalue weighted by Gasteiger charge is 2.22. The van der Waals surface area contributed by atoms with E-state index in [4.69, 9.17) is 5.73 Å². The first kappa shape index (κ1) is 23.2.